The first-order valence-corrected chi connectivity index (χ1v) is 7.35. The highest BCUT2D eigenvalue weighted by Gasteiger charge is 2.23. The molecule has 0 fully saturated rings. The summed E-state index contributed by atoms with van der Waals surface area (Å²) in [6.07, 6.45) is 0. The van der Waals surface area contributed by atoms with Gasteiger partial charge in [0.25, 0.3) is 0 Å². The molecule has 1 rings (SSSR count). The number of hydrogen-bond acceptors (Lipinski definition) is 4. The fraction of sp³-hybridized carbons (Fsp3) is 0.533. The highest BCUT2D eigenvalue weighted by molar-refractivity contribution is 6.34. The number of carbonyl (C=O) groups excluding carboxylic acids is 1. The average molecular weight is 314 g/mol. The van der Waals surface area contributed by atoms with Gasteiger partial charge in [-0.3, -0.25) is 9.69 Å². The molecule has 3 N–H and O–H groups in total. The lowest BCUT2D eigenvalue weighted by Gasteiger charge is -2.31. The Labute approximate surface area is 131 Å². The van der Waals surface area contributed by atoms with Crippen molar-refractivity contribution in [2.45, 2.75) is 32.9 Å². The number of rotatable bonds is 7. The molecule has 0 aliphatic heterocycles. The second-order valence-electron chi connectivity index (χ2n) is 5.23. The van der Waals surface area contributed by atoms with E-state index in [9.17, 15) is 4.79 Å². The summed E-state index contributed by atoms with van der Waals surface area (Å²) in [6.45, 7) is 7.25. The monoisotopic (exact) mass is 313 g/mol. The third kappa shape index (κ3) is 5.19. The van der Waals surface area contributed by atoms with E-state index in [0.29, 0.717) is 29.5 Å². The van der Waals surface area contributed by atoms with Gasteiger partial charge in [-0.25, -0.2) is 0 Å². The Balaban J connectivity index is 2.76. The molecule has 1 aromatic carbocycles. The first-order valence-electron chi connectivity index (χ1n) is 6.97. The Morgan fingerprint density at radius 1 is 1.43 bits per heavy atom. The minimum Gasteiger partial charge on any atom is -0.399 e. The Hall–Kier alpha value is -1.30. The number of methoxy groups -OCH3 is 1. The van der Waals surface area contributed by atoms with Crippen molar-refractivity contribution in [2.75, 3.05) is 31.3 Å². The fourth-order valence-corrected chi connectivity index (χ4v) is 2.35. The van der Waals surface area contributed by atoms with Crippen LogP contribution in [0.5, 0.6) is 0 Å². The van der Waals surface area contributed by atoms with Crippen LogP contribution in [-0.2, 0) is 9.53 Å². The van der Waals surface area contributed by atoms with Crippen LogP contribution in [0.4, 0.5) is 11.4 Å². The molecule has 0 heterocycles. The van der Waals surface area contributed by atoms with E-state index in [1.54, 1.807) is 25.3 Å². The number of hydrogen-bond donors (Lipinski definition) is 2. The van der Waals surface area contributed by atoms with Crippen molar-refractivity contribution in [3.63, 3.8) is 0 Å². The zero-order valence-electron chi connectivity index (χ0n) is 13.0. The maximum absolute atomic E-state index is 12.4. The van der Waals surface area contributed by atoms with E-state index in [1.807, 2.05) is 6.92 Å². The van der Waals surface area contributed by atoms with Gasteiger partial charge < -0.3 is 15.8 Å². The number of nitrogens with one attached hydrogen (secondary N) is 1. The average Bonchev–Trinajstić information content (AvgIpc) is 2.41. The molecule has 5 nitrogen and oxygen atoms in total. The fourth-order valence-electron chi connectivity index (χ4n) is 2.12. The quantitative estimate of drug-likeness (QED) is 0.759. The van der Waals surface area contributed by atoms with Crippen molar-refractivity contribution >= 4 is 28.9 Å². The van der Waals surface area contributed by atoms with Gasteiger partial charge in [-0.05, 0) is 39.0 Å². The number of nitrogens with zero attached hydrogens (tertiary/aromatic N) is 1. The summed E-state index contributed by atoms with van der Waals surface area (Å²) in [5.74, 6) is -0.105. The third-order valence-electron chi connectivity index (χ3n) is 3.34. The lowest BCUT2D eigenvalue weighted by atomic mass is 10.2. The van der Waals surface area contributed by atoms with Crippen LogP contribution in [0.15, 0.2) is 18.2 Å². The van der Waals surface area contributed by atoms with Crippen molar-refractivity contribution in [2.24, 2.45) is 0 Å². The molecule has 1 amide bonds. The predicted octanol–water partition coefficient (Wildman–Crippen LogP) is 2.61. The smallest absolute Gasteiger partial charge is 0.241 e. The second-order valence-corrected chi connectivity index (χ2v) is 5.64. The normalized spacial score (nSPS) is 12.7. The third-order valence-corrected chi connectivity index (χ3v) is 3.66. The summed E-state index contributed by atoms with van der Waals surface area (Å²) in [6, 6.07) is 4.98. The molecule has 21 heavy (non-hydrogen) atoms. The van der Waals surface area contributed by atoms with Gasteiger partial charge in [-0.15, -0.1) is 0 Å². The SMILES string of the molecule is COCCN(C(C)C)C(C)C(=O)Nc1ccc(N)cc1Cl. The van der Waals surface area contributed by atoms with Gasteiger partial charge in [0.2, 0.25) is 5.91 Å². The summed E-state index contributed by atoms with van der Waals surface area (Å²) in [4.78, 5) is 14.4. The van der Waals surface area contributed by atoms with Crippen LogP contribution in [0.25, 0.3) is 0 Å². The molecule has 6 heteroatoms. The summed E-state index contributed by atoms with van der Waals surface area (Å²) in [5.41, 5.74) is 6.77. The Bertz CT molecular complexity index is 480. The molecular formula is C15H24ClN3O2. The maximum Gasteiger partial charge on any atom is 0.241 e. The molecule has 0 radical (unpaired) electrons. The zero-order valence-corrected chi connectivity index (χ0v) is 13.8. The van der Waals surface area contributed by atoms with Crippen LogP contribution in [0.3, 0.4) is 0 Å². The number of ether oxygens (including phenoxy) is 1. The Morgan fingerprint density at radius 3 is 2.62 bits per heavy atom. The number of carbonyl (C=O) groups is 1. The van der Waals surface area contributed by atoms with Gasteiger partial charge in [0.05, 0.1) is 23.4 Å². The Morgan fingerprint density at radius 2 is 2.10 bits per heavy atom. The van der Waals surface area contributed by atoms with E-state index in [0.717, 1.165) is 0 Å². The number of nitrogens with two attached hydrogens (primary N) is 1. The van der Waals surface area contributed by atoms with Crippen LogP contribution in [-0.4, -0.2) is 43.2 Å². The van der Waals surface area contributed by atoms with Crippen LogP contribution >= 0.6 is 11.6 Å². The molecule has 0 aliphatic carbocycles. The van der Waals surface area contributed by atoms with E-state index in [1.165, 1.54) is 0 Å². The second kappa shape index (κ2) is 8.22. The van der Waals surface area contributed by atoms with Crippen LogP contribution in [0, 0.1) is 0 Å². The van der Waals surface area contributed by atoms with Gasteiger partial charge in [0, 0.05) is 25.4 Å². The number of anilines is 2. The van der Waals surface area contributed by atoms with Crippen LogP contribution < -0.4 is 11.1 Å². The molecular weight excluding hydrogens is 290 g/mol. The highest BCUT2D eigenvalue weighted by Crippen LogP contribution is 2.24. The number of benzene rings is 1. The zero-order chi connectivity index (χ0) is 16.0. The molecule has 0 aromatic heterocycles. The minimum absolute atomic E-state index is 0.105. The first-order chi connectivity index (χ1) is 9.86. The van der Waals surface area contributed by atoms with Crippen molar-refractivity contribution < 1.29 is 9.53 Å². The summed E-state index contributed by atoms with van der Waals surface area (Å²) in [7, 11) is 1.65. The number of halogens is 1. The van der Waals surface area contributed by atoms with Gasteiger partial charge in [0.1, 0.15) is 0 Å². The van der Waals surface area contributed by atoms with Gasteiger partial charge in [-0.1, -0.05) is 11.6 Å². The predicted molar refractivity (Wildman–Crippen MR) is 87.7 cm³/mol. The van der Waals surface area contributed by atoms with E-state index < -0.39 is 0 Å². The van der Waals surface area contributed by atoms with Gasteiger partial charge in [-0.2, -0.15) is 0 Å². The highest BCUT2D eigenvalue weighted by atomic mass is 35.5. The molecule has 1 aromatic rings. The first kappa shape index (κ1) is 17.8. The molecule has 0 aliphatic rings. The lowest BCUT2D eigenvalue weighted by Crippen LogP contribution is -2.47. The molecule has 118 valence electrons. The van der Waals surface area contributed by atoms with Crippen LogP contribution in [0.2, 0.25) is 5.02 Å². The van der Waals surface area contributed by atoms with E-state index in [2.05, 4.69) is 24.1 Å². The van der Waals surface area contributed by atoms with Crippen molar-refractivity contribution in [3.8, 4) is 0 Å². The minimum atomic E-state index is -0.284. The maximum atomic E-state index is 12.4. The Kier molecular flexibility index (Phi) is 6.95. The molecule has 0 spiro atoms. The molecule has 1 atom stereocenters. The van der Waals surface area contributed by atoms with E-state index in [-0.39, 0.29) is 18.0 Å². The largest absolute Gasteiger partial charge is 0.399 e. The summed E-state index contributed by atoms with van der Waals surface area (Å²) >= 11 is 6.08. The van der Waals surface area contributed by atoms with Gasteiger partial charge >= 0.3 is 0 Å². The number of nitrogen functional groups attached to an aromatic ring is 1. The summed E-state index contributed by atoms with van der Waals surface area (Å²) < 4.78 is 5.09. The van der Waals surface area contributed by atoms with E-state index >= 15 is 0 Å². The molecule has 1 unspecified atom stereocenters. The molecule has 0 bridgehead atoms. The molecule has 0 saturated heterocycles. The topological polar surface area (TPSA) is 67.6 Å². The van der Waals surface area contributed by atoms with Crippen molar-refractivity contribution in [1.82, 2.24) is 4.90 Å². The van der Waals surface area contributed by atoms with E-state index in [4.69, 9.17) is 22.1 Å². The number of amides is 1. The van der Waals surface area contributed by atoms with Crippen LogP contribution in [0.1, 0.15) is 20.8 Å². The molecule has 0 saturated carbocycles. The lowest BCUT2D eigenvalue weighted by molar-refractivity contribution is -0.121. The summed E-state index contributed by atoms with van der Waals surface area (Å²) in [5, 5.41) is 3.27. The van der Waals surface area contributed by atoms with Crippen molar-refractivity contribution in [1.29, 1.82) is 0 Å². The van der Waals surface area contributed by atoms with Crippen molar-refractivity contribution in [3.05, 3.63) is 23.2 Å². The van der Waals surface area contributed by atoms with Gasteiger partial charge in [0.15, 0.2) is 0 Å². The standard InChI is InChI=1S/C15H24ClN3O2/c1-10(2)19(7-8-21-4)11(3)15(20)18-14-6-5-12(17)9-13(14)16/h5-6,9-11H,7-8,17H2,1-4H3,(H,18,20).